The normalized spacial score (nSPS) is 29.5. The van der Waals surface area contributed by atoms with Crippen molar-refractivity contribution >= 4 is 27.3 Å². The number of nitrogens with two attached hydrogens (primary N) is 1. The molecule has 4 atom stereocenters. The predicted molar refractivity (Wildman–Crippen MR) is 78.3 cm³/mol. The van der Waals surface area contributed by atoms with E-state index in [0.717, 1.165) is 11.8 Å². The molecule has 1 aliphatic rings. The first kappa shape index (κ1) is 13.5. The van der Waals surface area contributed by atoms with Crippen molar-refractivity contribution in [1.82, 2.24) is 4.90 Å². The molecule has 0 aliphatic carbocycles. The molecule has 1 fully saturated rings. The average Bonchev–Trinajstić information content (AvgIpc) is 2.76. The number of hydrogen-bond donors (Lipinski definition) is 1. The molecule has 0 bridgehead atoms. The predicted octanol–water partition coefficient (Wildman–Crippen LogP) is 3.49. The molecule has 2 N–H and O–H groups in total. The summed E-state index contributed by atoms with van der Waals surface area (Å²) in [5, 5.41) is 0. The summed E-state index contributed by atoms with van der Waals surface area (Å²) in [5.41, 5.74) is 6.20. The quantitative estimate of drug-likeness (QED) is 0.925. The van der Waals surface area contributed by atoms with Gasteiger partial charge >= 0.3 is 0 Å². The number of halogens is 1. The van der Waals surface area contributed by atoms with Crippen LogP contribution in [-0.2, 0) is 0 Å². The lowest BCUT2D eigenvalue weighted by molar-refractivity contribution is 0.213. The summed E-state index contributed by atoms with van der Waals surface area (Å²) < 4.78 is 1.19. The largest absolute Gasteiger partial charge is 0.326 e. The molecule has 2 rings (SSSR count). The molecule has 17 heavy (non-hydrogen) atoms. The summed E-state index contributed by atoms with van der Waals surface area (Å²) >= 11 is 5.35. The van der Waals surface area contributed by atoms with E-state index in [1.165, 1.54) is 21.8 Å². The Morgan fingerprint density at radius 2 is 1.94 bits per heavy atom. The molecule has 0 saturated carbocycles. The second kappa shape index (κ2) is 5.39. The fourth-order valence-electron chi connectivity index (χ4n) is 2.66. The van der Waals surface area contributed by atoms with Gasteiger partial charge in [0.1, 0.15) is 0 Å². The average molecular weight is 317 g/mol. The maximum atomic E-state index is 6.20. The van der Waals surface area contributed by atoms with Crippen molar-refractivity contribution in [2.75, 3.05) is 13.1 Å². The third kappa shape index (κ3) is 2.92. The maximum Gasteiger partial charge on any atom is 0.0702 e. The fourth-order valence-corrected chi connectivity index (χ4v) is 4.33. The van der Waals surface area contributed by atoms with Crippen molar-refractivity contribution in [3.05, 3.63) is 20.8 Å². The van der Waals surface area contributed by atoms with Crippen molar-refractivity contribution in [2.24, 2.45) is 17.6 Å². The zero-order valence-corrected chi connectivity index (χ0v) is 13.1. The van der Waals surface area contributed by atoms with Crippen LogP contribution >= 0.6 is 27.3 Å². The minimum absolute atomic E-state index is 0.179. The Labute approximate surface area is 116 Å². The first-order valence-corrected chi connectivity index (χ1v) is 7.85. The molecule has 2 heterocycles. The molecule has 0 amide bonds. The second-order valence-corrected chi connectivity index (χ2v) is 7.85. The van der Waals surface area contributed by atoms with Gasteiger partial charge in [0.2, 0.25) is 0 Å². The Balaban J connectivity index is 2.19. The fraction of sp³-hybridized carbons (Fsp3) is 0.692. The third-order valence-corrected chi connectivity index (χ3v) is 5.49. The molecule has 1 aromatic rings. The molecular weight excluding hydrogens is 296 g/mol. The van der Waals surface area contributed by atoms with Crippen LogP contribution in [0.25, 0.3) is 0 Å². The Bertz CT molecular complexity index is 367. The van der Waals surface area contributed by atoms with Crippen LogP contribution < -0.4 is 5.73 Å². The van der Waals surface area contributed by atoms with Crippen LogP contribution in [0.3, 0.4) is 0 Å². The van der Waals surface area contributed by atoms with Crippen LogP contribution in [0.5, 0.6) is 0 Å². The molecule has 0 aromatic carbocycles. The summed E-state index contributed by atoms with van der Waals surface area (Å²) in [7, 11) is 0. The molecule has 1 saturated heterocycles. The van der Waals surface area contributed by atoms with E-state index in [1.54, 1.807) is 0 Å². The van der Waals surface area contributed by atoms with Gasteiger partial charge in [-0.15, -0.1) is 11.3 Å². The highest BCUT2D eigenvalue weighted by Crippen LogP contribution is 2.36. The first-order chi connectivity index (χ1) is 7.99. The summed E-state index contributed by atoms with van der Waals surface area (Å²) in [6, 6.07) is 4.88. The van der Waals surface area contributed by atoms with E-state index >= 15 is 0 Å². The van der Waals surface area contributed by atoms with Gasteiger partial charge in [0, 0.05) is 24.0 Å². The van der Waals surface area contributed by atoms with Crippen molar-refractivity contribution in [3.8, 4) is 0 Å². The van der Waals surface area contributed by atoms with Crippen molar-refractivity contribution in [3.63, 3.8) is 0 Å². The van der Waals surface area contributed by atoms with E-state index in [2.05, 4.69) is 53.7 Å². The standard InChI is InChI=1S/C13H21BrN2S/c1-8-6-16(7-9(8)2)13(10(3)15)11-4-5-12(14)17-11/h4-5,8-10,13H,6-7,15H2,1-3H3. The monoisotopic (exact) mass is 316 g/mol. The molecule has 96 valence electrons. The highest BCUT2D eigenvalue weighted by molar-refractivity contribution is 9.11. The topological polar surface area (TPSA) is 29.3 Å². The molecule has 1 aliphatic heterocycles. The van der Waals surface area contributed by atoms with Crippen LogP contribution in [0.4, 0.5) is 0 Å². The highest BCUT2D eigenvalue weighted by atomic mass is 79.9. The maximum absolute atomic E-state index is 6.20. The van der Waals surface area contributed by atoms with E-state index in [1.807, 2.05) is 11.3 Å². The van der Waals surface area contributed by atoms with E-state index in [4.69, 9.17) is 5.73 Å². The minimum atomic E-state index is 0.179. The molecular formula is C13H21BrN2S. The number of hydrogen-bond acceptors (Lipinski definition) is 3. The molecule has 4 unspecified atom stereocenters. The number of thiophene rings is 1. The molecule has 4 heteroatoms. The summed E-state index contributed by atoms with van der Waals surface area (Å²) in [6.07, 6.45) is 0. The van der Waals surface area contributed by atoms with Crippen molar-refractivity contribution in [1.29, 1.82) is 0 Å². The van der Waals surface area contributed by atoms with E-state index in [0.29, 0.717) is 6.04 Å². The lowest BCUT2D eigenvalue weighted by Gasteiger charge is -2.30. The van der Waals surface area contributed by atoms with Crippen LogP contribution in [0.2, 0.25) is 0 Å². The summed E-state index contributed by atoms with van der Waals surface area (Å²) in [4.78, 5) is 3.94. The lowest BCUT2D eigenvalue weighted by atomic mass is 10.0. The van der Waals surface area contributed by atoms with Gasteiger partial charge in [-0.3, -0.25) is 4.90 Å². The molecule has 1 aromatic heterocycles. The Morgan fingerprint density at radius 1 is 1.35 bits per heavy atom. The summed E-state index contributed by atoms with van der Waals surface area (Å²) in [6.45, 7) is 9.14. The van der Waals surface area contributed by atoms with Crippen LogP contribution in [0.15, 0.2) is 15.9 Å². The zero-order valence-electron chi connectivity index (χ0n) is 10.7. The van der Waals surface area contributed by atoms with Gasteiger partial charge in [0.15, 0.2) is 0 Å². The second-order valence-electron chi connectivity index (χ2n) is 5.35. The Morgan fingerprint density at radius 3 is 2.35 bits per heavy atom. The highest BCUT2D eigenvalue weighted by Gasteiger charge is 2.34. The van der Waals surface area contributed by atoms with Gasteiger partial charge < -0.3 is 5.73 Å². The van der Waals surface area contributed by atoms with Gasteiger partial charge in [-0.05, 0) is 46.8 Å². The van der Waals surface area contributed by atoms with Gasteiger partial charge in [0.05, 0.1) is 9.83 Å². The zero-order chi connectivity index (χ0) is 12.6. The van der Waals surface area contributed by atoms with Crippen LogP contribution in [0, 0.1) is 11.8 Å². The summed E-state index contributed by atoms with van der Waals surface area (Å²) in [5.74, 6) is 1.55. The van der Waals surface area contributed by atoms with Gasteiger partial charge in [-0.25, -0.2) is 0 Å². The smallest absolute Gasteiger partial charge is 0.0702 e. The van der Waals surface area contributed by atoms with Gasteiger partial charge in [-0.2, -0.15) is 0 Å². The van der Waals surface area contributed by atoms with E-state index in [-0.39, 0.29) is 6.04 Å². The molecule has 2 nitrogen and oxygen atoms in total. The van der Waals surface area contributed by atoms with Crippen LogP contribution in [0.1, 0.15) is 31.7 Å². The number of rotatable bonds is 3. The number of nitrogens with zero attached hydrogens (tertiary/aromatic N) is 1. The van der Waals surface area contributed by atoms with Crippen molar-refractivity contribution < 1.29 is 0 Å². The van der Waals surface area contributed by atoms with Gasteiger partial charge in [0.25, 0.3) is 0 Å². The van der Waals surface area contributed by atoms with E-state index in [9.17, 15) is 0 Å². The molecule has 0 radical (unpaired) electrons. The van der Waals surface area contributed by atoms with Gasteiger partial charge in [-0.1, -0.05) is 13.8 Å². The third-order valence-electron chi connectivity index (χ3n) is 3.79. The minimum Gasteiger partial charge on any atom is -0.326 e. The van der Waals surface area contributed by atoms with Crippen LogP contribution in [-0.4, -0.2) is 24.0 Å². The van der Waals surface area contributed by atoms with Crippen molar-refractivity contribution in [2.45, 2.75) is 32.9 Å². The number of likely N-dealkylation sites (tertiary alicyclic amines) is 1. The lowest BCUT2D eigenvalue weighted by Crippen LogP contribution is -2.38. The first-order valence-electron chi connectivity index (χ1n) is 6.24. The molecule has 0 spiro atoms. The Hall–Kier alpha value is 0.1000. The SMILES string of the molecule is CC(N)C(c1ccc(Br)s1)N1CC(C)C(C)C1. The Kier molecular flexibility index (Phi) is 4.29. The van der Waals surface area contributed by atoms with E-state index < -0.39 is 0 Å².